The Balaban J connectivity index is 2.01. The van der Waals surface area contributed by atoms with Gasteiger partial charge in [-0.2, -0.15) is 0 Å². The molecule has 2 aromatic carbocycles. The molecule has 0 aliphatic carbocycles. The number of carbonyl (C=O) groups excluding carboxylic acids is 1. The topological polar surface area (TPSA) is 38.3 Å². The lowest BCUT2D eigenvalue weighted by Crippen LogP contribution is -2.30. The zero-order chi connectivity index (χ0) is 15.2. The largest absolute Gasteiger partial charge is 0.479 e. The van der Waals surface area contributed by atoms with Crippen LogP contribution in [0.4, 0.5) is 5.69 Å². The van der Waals surface area contributed by atoms with Crippen molar-refractivity contribution in [2.45, 2.75) is 17.9 Å². The summed E-state index contributed by atoms with van der Waals surface area (Å²) < 4.78 is 5.59. The number of thioether (sulfide) groups is 1. The molecule has 110 valence electrons. The van der Waals surface area contributed by atoms with Gasteiger partial charge in [0, 0.05) is 10.6 Å². The summed E-state index contributed by atoms with van der Waals surface area (Å²) in [5.41, 5.74) is 0.751. The van der Waals surface area contributed by atoms with Crippen LogP contribution in [0.5, 0.6) is 5.75 Å². The third-order valence-corrected chi connectivity index (χ3v) is 3.88. The van der Waals surface area contributed by atoms with Gasteiger partial charge in [-0.1, -0.05) is 29.8 Å². The van der Waals surface area contributed by atoms with E-state index in [4.69, 9.17) is 16.3 Å². The Morgan fingerprint density at radius 3 is 2.71 bits per heavy atom. The van der Waals surface area contributed by atoms with E-state index in [1.807, 2.05) is 42.7 Å². The normalized spacial score (nSPS) is 11.8. The zero-order valence-electron chi connectivity index (χ0n) is 11.8. The van der Waals surface area contributed by atoms with Crippen LogP contribution in [0.2, 0.25) is 5.02 Å². The van der Waals surface area contributed by atoms with Gasteiger partial charge in [0.05, 0.1) is 5.02 Å². The first-order valence-corrected chi connectivity index (χ1v) is 8.06. The standard InChI is InChI=1S/C16H16ClNO2S/c1-11(20-15-9-4-3-8-14(15)17)16(19)18-12-6-5-7-13(10-12)21-2/h3-11H,1-2H3,(H,18,19). The Kier molecular flexibility index (Phi) is 5.53. The molecule has 0 radical (unpaired) electrons. The summed E-state index contributed by atoms with van der Waals surface area (Å²) in [5, 5.41) is 3.32. The number of nitrogens with one attached hydrogen (secondary N) is 1. The van der Waals surface area contributed by atoms with Crippen molar-refractivity contribution < 1.29 is 9.53 Å². The summed E-state index contributed by atoms with van der Waals surface area (Å²) in [6, 6.07) is 14.8. The van der Waals surface area contributed by atoms with Crippen molar-refractivity contribution in [3.05, 3.63) is 53.6 Å². The lowest BCUT2D eigenvalue weighted by Gasteiger charge is -2.15. The van der Waals surface area contributed by atoms with Gasteiger partial charge in [-0.3, -0.25) is 4.79 Å². The molecule has 0 bridgehead atoms. The molecule has 3 nitrogen and oxygen atoms in total. The maximum absolute atomic E-state index is 12.1. The highest BCUT2D eigenvalue weighted by atomic mass is 35.5. The molecule has 1 unspecified atom stereocenters. The zero-order valence-corrected chi connectivity index (χ0v) is 13.4. The van der Waals surface area contributed by atoms with E-state index in [-0.39, 0.29) is 5.91 Å². The molecule has 0 fully saturated rings. The second-order valence-electron chi connectivity index (χ2n) is 4.41. The highest BCUT2D eigenvalue weighted by Gasteiger charge is 2.16. The number of halogens is 1. The van der Waals surface area contributed by atoms with E-state index < -0.39 is 6.10 Å². The van der Waals surface area contributed by atoms with Gasteiger partial charge in [-0.25, -0.2) is 0 Å². The molecule has 0 aliphatic heterocycles. The molecule has 5 heteroatoms. The third-order valence-electron chi connectivity index (χ3n) is 2.85. The summed E-state index contributed by atoms with van der Waals surface area (Å²) in [4.78, 5) is 13.2. The van der Waals surface area contributed by atoms with Crippen LogP contribution in [0.25, 0.3) is 0 Å². The monoisotopic (exact) mass is 321 g/mol. The van der Waals surface area contributed by atoms with Crippen molar-refractivity contribution >= 4 is 35.0 Å². The van der Waals surface area contributed by atoms with E-state index >= 15 is 0 Å². The average molecular weight is 322 g/mol. The third kappa shape index (κ3) is 4.41. The quantitative estimate of drug-likeness (QED) is 0.826. The summed E-state index contributed by atoms with van der Waals surface area (Å²) in [7, 11) is 0. The Bertz CT molecular complexity index is 633. The molecule has 0 saturated heterocycles. The van der Waals surface area contributed by atoms with Crippen LogP contribution in [0.1, 0.15) is 6.92 Å². The lowest BCUT2D eigenvalue weighted by atomic mass is 10.3. The molecule has 0 spiro atoms. The first-order chi connectivity index (χ1) is 10.1. The fourth-order valence-corrected chi connectivity index (χ4v) is 2.37. The molecule has 21 heavy (non-hydrogen) atoms. The number of carbonyl (C=O) groups is 1. The highest BCUT2D eigenvalue weighted by molar-refractivity contribution is 7.98. The van der Waals surface area contributed by atoms with Crippen molar-refractivity contribution in [3.63, 3.8) is 0 Å². The first kappa shape index (κ1) is 15.7. The van der Waals surface area contributed by atoms with Gasteiger partial charge in [0.2, 0.25) is 0 Å². The maximum Gasteiger partial charge on any atom is 0.265 e. The Morgan fingerprint density at radius 2 is 2.00 bits per heavy atom. The number of anilines is 1. The predicted octanol–water partition coefficient (Wildman–Crippen LogP) is 4.47. The number of para-hydroxylation sites is 1. The van der Waals surface area contributed by atoms with Crippen LogP contribution in [0.15, 0.2) is 53.4 Å². The number of hydrogen-bond donors (Lipinski definition) is 1. The Labute approximate surface area is 133 Å². The smallest absolute Gasteiger partial charge is 0.265 e. The number of ether oxygens (including phenoxy) is 1. The van der Waals surface area contributed by atoms with Crippen molar-refractivity contribution in [3.8, 4) is 5.75 Å². The molecule has 2 aromatic rings. The minimum Gasteiger partial charge on any atom is -0.479 e. The predicted molar refractivity (Wildman–Crippen MR) is 88.4 cm³/mol. The van der Waals surface area contributed by atoms with Gasteiger partial charge < -0.3 is 10.1 Å². The van der Waals surface area contributed by atoms with Crippen molar-refractivity contribution in [2.24, 2.45) is 0 Å². The molecule has 0 aromatic heterocycles. The van der Waals surface area contributed by atoms with E-state index in [2.05, 4.69) is 5.32 Å². The molecule has 1 N–H and O–H groups in total. The Morgan fingerprint density at radius 1 is 1.24 bits per heavy atom. The lowest BCUT2D eigenvalue weighted by molar-refractivity contribution is -0.122. The Hall–Kier alpha value is -1.65. The fraction of sp³-hybridized carbons (Fsp3) is 0.188. The van der Waals surface area contributed by atoms with E-state index in [1.54, 1.807) is 30.8 Å². The van der Waals surface area contributed by atoms with Gasteiger partial charge in [-0.05, 0) is 43.5 Å². The van der Waals surface area contributed by atoms with Gasteiger partial charge in [0.25, 0.3) is 5.91 Å². The molecule has 0 heterocycles. The second kappa shape index (κ2) is 7.38. The highest BCUT2D eigenvalue weighted by Crippen LogP contribution is 2.24. The molecule has 1 atom stereocenters. The summed E-state index contributed by atoms with van der Waals surface area (Å²) in [6.45, 7) is 1.69. The van der Waals surface area contributed by atoms with E-state index in [1.165, 1.54) is 0 Å². The van der Waals surface area contributed by atoms with Gasteiger partial charge in [0.1, 0.15) is 5.75 Å². The van der Waals surface area contributed by atoms with Crippen LogP contribution >= 0.6 is 23.4 Å². The first-order valence-electron chi connectivity index (χ1n) is 6.46. The fourth-order valence-electron chi connectivity index (χ4n) is 1.73. The maximum atomic E-state index is 12.1. The summed E-state index contributed by atoms with van der Waals surface area (Å²) >= 11 is 7.64. The van der Waals surface area contributed by atoms with Crippen LogP contribution in [-0.2, 0) is 4.79 Å². The molecule has 0 aliphatic rings. The van der Waals surface area contributed by atoms with Crippen molar-refractivity contribution in [1.82, 2.24) is 0 Å². The summed E-state index contributed by atoms with van der Waals surface area (Å²) in [6.07, 6.45) is 1.35. The molecule has 1 amide bonds. The molecule has 2 rings (SSSR count). The van der Waals surface area contributed by atoms with E-state index in [0.29, 0.717) is 10.8 Å². The second-order valence-corrected chi connectivity index (χ2v) is 5.70. The van der Waals surface area contributed by atoms with E-state index in [9.17, 15) is 4.79 Å². The van der Waals surface area contributed by atoms with Crippen molar-refractivity contribution in [2.75, 3.05) is 11.6 Å². The van der Waals surface area contributed by atoms with Gasteiger partial charge >= 0.3 is 0 Å². The van der Waals surface area contributed by atoms with Crippen LogP contribution in [0.3, 0.4) is 0 Å². The average Bonchev–Trinajstić information content (AvgIpc) is 2.49. The molecular formula is C16H16ClNO2S. The minimum absolute atomic E-state index is 0.215. The molecular weight excluding hydrogens is 306 g/mol. The molecule has 0 saturated carbocycles. The van der Waals surface area contributed by atoms with Gasteiger partial charge in [0.15, 0.2) is 6.10 Å². The van der Waals surface area contributed by atoms with E-state index in [0.717, 1.165) is 10.6 Å². The van der Waals surface area contributed by atoms with Crippen LogP contribution in [-0.4, -0.2) is 18.3 Å². The number of benzene rings is 2. The minimum atomic E-state index is -0.636. The number of amides is 1. The van der Waals surface area contributed by atoms with Crippen LogP contribution in [0, 0.1) is 0 Å². The summed E-state index contributed by atoms with van der Waals surface area (Å²) in [5.74, 6) is 0.285. The van der Waals surface area contributed by atoms with Gasteiger partial charge in [-0.15, -0.1) is 11.8 Å². The van der Waals surface area contributed by atoms with Crippen molar-refractivity contribution in [1.29, 1.82) is 0 Å². The number of hydrogen-bond acceptors (Lipinski definition) is 3. The van der Waals surface area contributed by atoms with Crippen LogP contribution < -0.4 is 10.1 Å². The number of rotatable bonds is 5. The SMILES string of the molecule is CSc1cccc(NC(=O)C(C)Oc2ccccc2Cl)c1.